The zero-order valence-corrected chi connectivity index (χ0v) is 36.9. The summed E-state index contributed by atoms with van der Waals surface area (Å²) < 4.78 is 33.1. The molecule has 0 bridgehead atoms. The van der Waals surface area contributed by atoms with Crippen LogP contribution in [0.25, 0.3) is 0 Å². The molecule has 5 aromatic carbocycles. The molecule has 6 rings (SSSR count). The summed E-state index contributed by atoms with van der Waals surface area (Å²) in [5.41, 5.74) is 0.191. The molecule has 0 aliphatic heterocycles. The van der Waals surface area contributed by atoms with Gasteiger partial charge in [-0.05, 0) is 121 Å². The van der Waals surface area contributed by atoms with Crippen LogP contribution < -0.4 is 0 Å². The third kappa shape index (κ3) is 10.7. The van der Waals surface area contributed by atoms with Crippen LogP contribution in [0.4, 0.5) is 0 Å². The minimum absolute atomic E-state index is 0.0344. The Labute approximate surface area is 367 Å². The number of halogens is 5. The van der Waals surface area contributed by atoms with E-state index in [2.05, 4.69) is 79.6 Å². The maximum Gasteiger partial charge on any atom is 0.338 e. The van der Waals surface area contributed by atoms with Gasteiger partial charge in [-0.15, -0.1) is 0 Å². The summed E-state index contributed by atoms with van der Waals surface area (Å²) in [6.45, 7) is 0. The lowest BCUT2D eigenvalue weighted by Crippen LogP contribution is -2.68. The molecule has 5 aromatic rings. The Morgan fingerprint density at radius 2 is 0.474 bits per heavy atom. The van der Waals surface area contributed by atoms with Crippen molar-refractivity contribution >= 4 is 109 Å². The molecular formula is C41H27Br5O11. The molecule has 0 amide bonds. The maximum absolute atomic E-state index is 13.9. The summed E-state index contributed by atoms with van der Waals surface area (Å²) in [7, 11) is 0. The van der Waals surface area contributed by atoms with Crippen molar-refractivity contribution in [2.75, 3.05) is 0 Å². The first-order valence-electron chi connectivity index (χ1n) is 16.8. The Hall–Kier alpha value is -4.19. The van der Waals surface area contributed by atoms with Crippen LogP contribution >= 0.6 is 79.6 Å². The van der Waals surface area contributed by atoms with Crippen LogP contribution in [0.5, 0.6) is 0 Å². The Kier molecular flexibility index (Phi) is 14.2. The fourth-order valence-electron chi connectivity index (χ4n) is 5.70. The summed E-state index contributed by atoms with van der Waals surface area (Å²) in [6.07, 6.45) is -11.4. The van der Waals surface area contributed by atoms with Crippen molar-refractivity contribution in [1.82, 2.24) is 0 Å². The van der Waals surface area contributed by atoms with Crippen molar-refractivity contribution in [3.05, 3.63) is 172 Å². The lowest BCUT2D eigenvalue weighted by atomic mass is 9.83. The molecule has 0 saturated heterocycles. The van der Waals surface area contributed by atoms with Gasteiger partial charge in [-0.25, -0.2) is 24.0 Å². The van der Waals surface area contributed by atoms with Crippen molar-refractivity contribution < 1.29 is 52.8 Å². The van der Waals surface area contributed by atoms with Gasteiger partial charge in [0.25, 0.3) is 0 Å². The molecule has 0 heterocycles. The van der Waals surface area contributed by atoms with E-state index in [1.807, 2.05) is 0 Å². The van der Waals surface area contributed by atoms with Gasteiger partial charge < -0.3 is 28.8 Å². The number of hydrogen-bond donors (Lipinski definition) is 1. The molecule has 0 spiro atoms. The number of rotatable bonds is 10. The normalized spacial score (nSPS) is 20.1. The topological polar surface area (TPSA) is 152 Å². The summed E-state index contributed by atoms with van der Waals surface area (Å²) in [6, 6.07) is 30.3. The van der Waals surface area contributed by atoms with E-state index in [0.29, 0.717) is 22.4 Å². The van der Waals surface area contributed by atoms with Gasteiger partial charge in [-0.1, -0.05) is 79.6 Å². The highest BCUT2D eigenvalue weighted by Crippen LogP contribution is 2.35. The van der Waals surface area contributed by atoms with Crippen molar-refractivity contribution in [3.8, 4) is 0 Å². The number of benzene rings is 5. The van der Waals surface area contributed by atoms with Crippen molar-refractivity contribution in [2.24, 2.45) is 0 Å². The van der Waals surface area contributed by atoms with Crippen LogP contribution in [0.3, 0.4) is 0 Å². The largest absolute Gasteiger partial charge is 0.452 e. The van der Waals surface area contributed by atoms with Gasteiger partial charge in [0.05, 0.1) is 27.8 Å². The smallest absolute Gasteiger partial charge is 0.338 e. The average molecular weight is 1100 g/mol. The van der Waals surface area contributed by atoms with E-state index < -0.39 is 66.5 Å². The van der Waals surface area contributed by atoms with Gasteiger partial charge in [0.1, 0.15) is 6.10 Å². The first-order chi connectivity index (χ1) is 27.3. The third-order valence-corrected chi connectivity index (χ3v) is 11.2. The molecule has 2 unspecified atom stereocenters. The van der Waals surface area contributed by atoms with Crippen LogP contribution in [-0.4, -0.2) is 71.6 Å². The summed E-state index contributed by atoms with van der Waals surface area (Å²) in [5, 5.41) is 12.2. The first kappa shape index (κ1) is 42.4. The third-order valence-electron chi connectivity index (χ3n) is 8.58. The minimum atomic E-state index is -2.04. The monoisotopic (exact) mass is 1090 g/mol. The number of carbonyl (C=O) groups excluding carboxylic acids is 5. The second-order valence-corrected chi connectivity index (χ2v) is 17.0. The predicted molar refractivity (Wildman–Crippen MR) is 223 cm³/mol. The lowest BCUT2D eigenvalue weighted by molar-refractivity contribution is -0.223. The minimum Gasteiger partial charge on any atom is -0.452 e. The van der Waals surface area contributed by atoms with Crippen LogP contribution in [0.15, 0.2) is 144 Å². The van der Waals surface area contributed by atoms with Gasteiger partial charge in [0, 0.05) is 22.4 Å². The number of aliphatic hydroxyl groups is 1. The van der Waals surface area contributed by atoms with Gasteiger partial charge in [-0.2, -0.15) is 0 Å². The van der Waals surface area contributed by atoms with E-state index in [9.17, 15) is 29.1 Å². The maximum atomic E-state index is 13.9. The second-order valence-electron chi connectivity index (χ2n) is 12.4. The Morgan fingerprint density at radius 3 is 0.667 bits per heavy atom. The standard InChI is InChI=1S/C41H27Br5O11/c42-26-11-1-21(2-12-26)37(48)53-32-31(47)33(54-38(49)22-3-13-27(43)14-4-22)35(56-40(51)24-7-17-29(45)18-8-24)36(57-41(52)25-9-19-30(46)20-10-25)34(32)55-39(50)23-5-15-28(44)16-6-23/h1-20,31-36,47H/t31?,32-,33+,34+,35-,36?. The lowest BCUT2D eigenvalue weighted by Gasteiger charge is -2.46. The molecular weight excluding hydrogens is 1070 g/mol. The Balaban J connectivity index is 1.49. The molecule has 0 radical (unpaired) electrons. The number of carbonyl (C=O) groups is 5. The molecule has 1 saturated carbocycles. The van der Waals surface area contributed by atoms with E-state index in [1.165, 1.54) is 60.7 Å². The summed E-state index contributed by atoms with van der Waals surface area (Å²) in [4.78, 5) is 69.1. The van der Waals surface area contributed by atoms with E-state index in [0.717, 1.165) is 0 Å². The van der Waals surface area contributed by atoms with E-state index in [4.69, 9.17) is 23.7 Å². The van der Waals surface area contributed by atoms with E-state index in [-0.39, 0.29) is 27.8 Å². The number of ether oxygens (including phenoxy) is 5. The quantitative estimate of drug-likeness (QED) is 0.105. The van der Waals surface area contributed by atoms with Crippen molar-refractivity contribution in [3.63, 3.8) is 0 Å². The molecule has 0 aromatic heterocycles. The van der Waals surface area contributed by atoms with Crippen LogP contribution in [0, 0.1) is 0 Å². The number of esters is 5. The highest BCUT2D eigenvalue weighted by molar-refractivity contribution is 9.11. The van der Waals surface area contributed by atoms with Crippen LogP contribution in [0.1, 0.15) is 51.8 Å². The van der Waals surface area contributed by atoms with E-state index >= 15 is 0 Å². The van der Waals surface area contributed by atoms with Crippen LogP contribution in [-0.2, 0) is 23.7 Å². The molecule has 292 valence electrons. The molecule has 1 aliphatic rings. The Morgan fingerprint density at radius 1 is 0.316 bits per heavy atom. The molecule has 6 atom stereocenters. The predicted octanol–water partition coefficient (Wildman–Crippen LogP) is 9.30. The van der Waals surface area contributed by atoms with Crippen molar-refractivity contribution in [1.29, 1.82) is 0 Å². The number of hydrogen-bond acceptors (Lipinski definition) is 11. The highest BCUT2D eigenvalue weighted by atomic mass is 79.9. The molecule has 1 N–H and O–H groups in total. The molecule has 57 heavy (non-hydrogen) atoms. The van der Waals surface area contributed by atoms with E-state index in [1.54, 1.807) is 60.7 Å². The molecule has 11 nitrogen and oxygen atoms in total. The highest BCUT2D eigenvalue weighted by Gasteiger charge is 2.59. The fourth-order valence-corrected chi connectivity index (χ4v) is 7.02. The molecule has 1 fully saturated rings. The zero-order chi connectivity index (χ0) is 40.8. The summed E-state index contributed by atoms with van der Waals surface area (Å²) in [5.74, 6) is -4.88. The van der Waals surface area contributed by atoms with Crippen molar-refractivity contribution in [2.45, 2.75) is 36.6 Å². The van der Waals surface area contributed by atoms with Crippen LogP contribution in [0.2, 0.25) is 0 Å². The molecule has 1 aliphatic carbocycles. The SMILES string of the molecule is O=C(OC1[C@@H](OC(=O)c2ccc(Br)cc2)[C@H](OC(=O)c2ccc(Br)cc2)C(O)[C@H](OC(=O)c2ccc(Br)cc2)[C@H]1OC(=O)c1ccc(Br)cc1)c1ccc(Br)cc1. The summed E-state index contributed by atoms with van der Waals surface area (Å²) >= 11 is 16.6. The Bertz CT molecular complexity index is 2120. The van der Waals surface area contributed by atoms with Gasteiger partial charge >= 0.3 is 29.8 Å². The number of aliphatic hydroxyl groups excluding tert-OH is 1. The zero-order valence-electron chi connectivity index (χ0n) is 28.9. The van der Waals surface area contributed by atoms with Gasteiger partial charge in [0.15, 0.2) is 30.5 Å². The van der Waals surface area contributed by atoms with Gasteiger partial charge in [-0.3, -0.25) is 0 Å². The first-order valence-corrected chi connectivity index (χ1v) is 20.7. The fraction of sp³-hybridized carbons (Fsp3) is 0.146. The molecule has 16 heteroatoms. The second kappa shape index (κ2) is 19.0. The average Bonchev–Trinajstić information content (AvgIpc) is 3.20. The van der Waals surface area contributed by atoms with Gasteiger partial charge in [0.2, 0.25) is 0 Å².